The minimum absolute atomic E-state index is 0.0775. The van der Waals surface area contributed by atoms with Crippen LogP contribution in [0.2, 0.25) is 16.6 Å². The highest BCUT2D eigenvalue weighted by Gasteiger charge is 2.49. The van der Waals surface area contributed by atoms with Crippen molar-refractivity contribution in [2.24, 2.45) is 17.3 Å². The van der Waals surface area contributed by atoms with E-state index < -0.39 is 44.1 Å². The molecule has 0 aromatic rings. The first-order chi connectivity index (χ1) is 17.8. The van der Waals surface area contributed by atoms with Gasteiger partial charge in [0.05, 0.1) is 43.0 Å². The van der Waals surface area contributed by atoms with Gasteiger partial charge in [-0.25, -0.2) is 0 Å². The average Bonchev–Trinajstić information content (AvgIpc) is 2.82. The summed E-state index contributed by atoms with van der Waals surface area (Å²) in [6, 6.07) is 0. The maximum Gasteiger partial charge on any atom is 0.305 e. The molecule has 1 fully saturated rings. The number of carbonyl (C=O) groups is 1. The smallest absolute Gasteiger partial charge is 0.305 e. The molecule has 0 aliphatic carbocycles. The van der Waals surface area contributed by atoms with E-state index in [1.54, 1.807) is 13.8 Å². The van der Waals surface area contributed by atoms with Gasteiger partial charge < -0.3 is 29.6 Å². The van der Waals surface area contributed by atoms with E-state index in [4.69, 9.17) is 9.16 Å². The summed E-state index contributed by atoms with van der Waals surface area (Å²) < 4.78 is 13.4. The summed E-state index contributed by atoms with van der Waals surface area (Å²) in [7, 11) is -2.21. The van der Waals surface area contributed by atoms with Crippen LogP contribution in [-0.4, -0.2) is 71.3 Å². The minimum Gasteiger partial charge on any atom is -0.481 e. The number of carboxylic acid groups (broad SMARTS) is 1. The summed E-state index contributed by atoms with van der Waals surface area (Å²) in [4.78, 5) is 11.7. The van der Waals surface area contributed by atoms with Crippen LogP contribution < -0.4 is 0 Å². The maximum atomic E-state index is 11.7. The SMILES string of the molecule is C=C[C@H](O)C(C)(C)[C@H](O)C[C@@H](C)[C@H](O)C(=C)C[C@@H]1C[C@H](O[Si](C(C)C)(C(C)C)C(C)C)[C@@H](C)[C@H](CC(=O)O)O1. The maximum absolute atomic E-state index is 11.7. The monoisotopic (exact) mass is 570 g/mol. The second kappa shape index (κ2) is 14.7. The lowest BCUT2D eigenvalue weighted by Gasteiger charge is -2.49. The molecular weight excluding hydrogens is 512 g/mol. The number of aliphatic carboxylic acids is 1. The molecule has 0 radical (unpaired) electrons. The third-order valence-electron chi connectivity index (χ3n) is 9.36. The van der Waals surface area contributed by atoms with Crippen LogP contribution >= 0.6 is 0 Å². The number of aliphatic hydroxyl groups excluding tert-OH is 3. The van der Waals surface area contributed by atoms with Crippen molar-refractivity contribution in [1.29, 1.82) is 0 Å². The third-order valence-corrected chi connectivity index (χ3v) is 15.5. The number of carboxylic acids is 1. The minimum atomic E-state index is -2.21. The molecule has 39 heavy (non-hydrogen) atoms. The fraction of sp³-hybridized carbons (Fsp3) is 0.839. The van der Waals surface area contributed by atoms with Crippen LogP contribution in [0.3, 0.4) is 0 Å². The van der Waals surface area contributed by atoms with Crippen LogP contribution in [-0.2, 0) is 14.0 Å². The van der Waals surface area contributed by atoms with Gasteiger partial charge in [0.25, 0.3) is 0 Å². The topological polar surface area (TPSA) is 116 Å². The molecule has 8 atom stereocenters. The molecule has 8 heteroatoms. The summed E-state index contributed by atoms with van der Waals surface area (Å²) in [6.07, 6.45) is -0.998. The third kappa shape index (κ3) is 8.73. The van der Waals surface area contributed by atoms with E-state index in [-0.39, 0.29) is 36.9 Å². The van der Waals surface area contributed by atoms with Crippen molar-refractivity contribution < 1.29 is 34.4 Å². The molecule has 0 spiro atoms. The number of aliphatic hydroxyl groups is 3. The van der Waals surface area contributed by atoms with Crippen molar-refractivity contribution >= 4 is 14.3 Å². The second-order valence-corrected chi connectivity index (χ2v) is 18.9. The molecular formula is C31H58O7Si. The van der Waals surface area contributed by atoms with Gasteiger partial charge in [-0.05, 0) is 47.4 Å². The van der Waals surface area contributed by atoms with Gasteiger partial charge in [-0.1, -0.05) is 81.9 Å². The molecule has 1 saturated heterocycles. The van der Waals surface area contributed by atoms with Crippen LogP contribution in [0.25, 0.3) is 0 Å². The van der Waals surface area contributed by atoms with Gasteiger partial charge in [0.1, 0.15) is 0 Å². The van der Waals surface area contributed by atoms with E-state index in [1.165, 1.54) is 6.08 Å². The second-order valence-electron chi connectivity index (χ2n) is 13.5. The molecule has 0 aromatic heterocycles. The van der Waals surface area contributed by atoms with E-state index in [1.807, 2.05) is 13.8 Å². The highest BCUT2D eigenvalue weighted by Crippen LogP contribution is 2.46. The largest absolute Gasteiger partial charge is 0.481 e. The Kier molecular flexibility index (Phi) is 13.6. The van der Waals surface area contributed by atoms with Gasteiger partial charge in [0.15, 0.2) is 0 Å². The fourth-order valence-electron chi connectivity index (χ4n) is 6.60. The quantitative estimate of drug-likeness (QED) is 0.131. The summed E-state index contributed by atoms with van der Waals surface area (Å²) in [5.74, 6) is -1.29. The Hall–Kier alpha value is -1.03. The predicted octanol–water partition coefficient (Wildman–Crippen LogP) is 6.08. The van der Waals surface area contributed by atoms with Crippen molar-refractivity contribution in [3.8, 4) is 0 Å². The highest BCUT2D eigenvalue weighted by molar-refractivity contribution is 6.77. The van der Waals surface area contributed by atoms with E-state index in [9.17, 15) is 25.2 Å². The highest BCUT2D eigenvalue weighted by atomic mass is 28.4. The number of rotatable bonds is 16. The molecule has 1 aliphatic rings. The molecule has 228 valence electrons. The zero-order chi connectivity index (χ0) is 30.5. The Morgan fingerprint density at radius 3 is 2.00 bits per heavy atom. The first-order valence-corrected chi connectivity index (χ1v) is 16.9. The predicted molar refractivity (Wildman–Crippen MR) is 160 cm³/mol. The lowest BCUT2D eigenvalue weighted by atomic mass is 9.76. The van der Waals surface area contributed by atoms with Crippen LogP contribution in [0.15, 0.2) is 24.8 Å². The summed E-state index contributed by atoms with van der Waals surface area (Å²) in [6.45, 7) is 28.6. The van der Waals surface area contributed by atoms with Crippen molar-refractivity contribution in [2.75, 3.05) is 0 Å². The molecule has 1 rings (SSSR count). The molecule has 4 N–H and O–H groups in total. The van der Waals surface area contributed by atoms with Crippen molar-refractivity contribution in [1.82, 2.24) is 0 Å². The Balaban J connectivity index is 3.11. The van der Waals surface area contributed by atoms with Gasteiger partial charge in [-0.3, -0.25) is 4.79 Å². The van der Waals surface area contributed by atoms with Crippen LogP contribution in [0.5, 0.6) is 0 Å². The average molecular weight is 571 g/mol. The first kappa shape index (κ1) is 36.0. The zero-order valence-electron chi connectivity index (χ0n) is 26.2. The van der Waals surface area contributed by atoms with E-state index in [0.29, 0.717) is 35.0 Å². The van der Waals surface area contributed by atoms with Gasteiger partial charge in [-0.2, -0.15) is 0 Å². The zero-order valence-corrected chi connectivity index (χ0v) is 27.2. The van der Waals surface area contributed by atoms with Crippen molar-refractivity contribution in [3.05, 3.63) is 24.8 Å². The Bertz CT molecular complexity index is 787. The van der Waals surface area contributed by atoms with Crippen molar-refractivity contribution in [2.45, 2.75) is 148 Å². The standard InChI is InChI=1S/C31H58O7Si/c1-13-27(32)31(11,12)28(33)15-22(9)30(36)21(8)14-24-16-26(23(10)25(37-24)17-29(34)35)38-39(18(2)3,19(4)5)20(6)7/h13,18-20,22-28,30,32-33,36H,1,8,14-17H2,2-7,9-12H3,(H,34,35)/t22-,23+,24-,25+,26+,27+,28-,30-/m1/s1. The van der Waals surface area contributed by atoms with E-state index in [2.05, 4.69) is 54.7 Å². The molecule has 0 amide bonds. The van der Waals surface area contributed by atoms with E-state index >= 15 is 0 Å². The fourth-order valence-corrected chi connectivity index (χ4v) is 12.3. The summed E-state index contributed by atoms with van der Waals surface area (Å²) >= 11 is 0. The lowest BCUT2D eigenvalue weighted by Crippen LogP contribution is -2.55. The molecule has 0 unspecified atom stereocenters. The van der Waals surface area contributed by atoms with Gasteiger partial charge in [0, 0.05) is 11.3 Å². The van der Waals surface area contributed by atoms with Crippen molar-refractivity contribution in [3.63, 3.8) is 0 Å². The Morgan fingerprint density at radius 1 is 1.05 bits per heavy atom. The lowest BCUT2D eigenvalue weighted by molar-refractivity contribution is -0.155. The summed E-state index contributed by atoms with van der Waals surface area (Å²) in [5.41, 5.74) is 0.975. The van der Waals surface area contributed by atoms with Gasteiger partial charge in [-0.15, -0.1) is 6.58 Å². The Labute approximate surface area is 238 Å². The van der Waals surface area contributed by atoms with Gasteiger partial charge in [0.2, 0.25) is 8.32 Å². The molecule has 0 aromatic carbocycles. The first-order valence-electron chi connectivity index (χ1n) is 14.7. The van der Waals surface area contributed by atoms with Gasteiger partial charge >= 0.3 is 5.97 Å². The summed E-state index contributed by atoms with van der Waals surface area (Å²) in [5, 5.41) is 41.7. The molecule has 1 aliphatic heterocycles. The number of hydrogen-bond donors (Lipinski definition) is 4. The molecule has 1 heterocycles. The van der Waals surface area contributed by atoms with E-state index in [0.717, 1.165) is 0 Å². The number of hydrogen-bond acceptors (Lipinski definition) is 6. The molecule has 0 saturated carbocycles. The Morgan fingerprint density at radius 2 is 1.56 bits per heavy atom. The molecule has 7 nitrogen and oxygen atoms in total. The van der Waals surface area contributed by atoms with Crippen LogP contribution in [0, 0.1) is 17.3 Å². The number of ether oxygens (including phenoxy) is 1. The normalized spacial score (nSPS) is 25.9. The van der Waals surface area contributed by atoms with Crippen LogP contribution in [0.4, 0.5) is 0 Å². The van der Waals surface area contributed by atoms with Crippen LogP contribution in [0.1, 0.15) is 94.9 Å². The molecule has 0 bridgehead atoms.